The molecule has 1 saturated carbocycles. The van der Waals surface area contributed by atoms with Crippen molar-refractivity contribution in [3.05, 3.63) is 11.8 Å². The van der Waals surface area contributed by atoms with Crippen LogP contribution in [0.1, 0.15) is 44.3 Å². The van der Waals surface area contributed by atoms with Crippen molar-refractivity contribution in [3.63, 3.8) is 0 Å². The third kappa shape index (κ3) is 3.22. The molecule has 0 bridgehead atoms. The molecule has 1 aromatic heterocycles. The monoisotopic (exact) mass is 346 g/mol. The standard InChI is InChI=1S/C18H26N4O3/c1-13-11-16(19-25-13)22-17(23)12-15(18(22)24)21-9-7-20(8-10-21)14-5-3-2-4-6-14/h11,14-15H,2-10,12H2,1H3/t15-/m1/s1. The SMILES string of the molecule is Cc1cc(N2C(=O)C[C@@H](N3CCN(C4CCCCC4)CC3)C2=O)no1. The Morgan fingerprint density at radius 1 is 1.04 bits per heavy atom. The molecule has 0 spiro atoms. The van der Waals surface area contributed by atoms with Gasteiger partial charge in [-0.2, -0.15) is 0 Å². The van der Waals surface area contributed by atoms with Crippen molar-refractivity contribution in [2.75, 3.05) is 31.1 Å². The van der Waals surface area contributed by atoms with Crippen LogP contribution in [0.15, 0.2) is 10.6 Å². The number of hydrogen-bond acceptors (Lipinski definition) is 6. The van der Waals surface area contributed by atoms with Crippen LogP contribution < -0.4 is 4.90 Å². The van der Waals surface area contributed by atoms with E-state index in [9.17, 15) is 9.59 Å². The average Bonchev–Trinajstić information content (AvgIpc) is 3.18. The summed E-state index contributed by atoms with van der Waals surface area (Å²) in [5.74, 6) is 0.568. The zero-order valence-electron chi connectivity index (χ0n) is 14.8. The summed E-state index contributed by atoms with van der Waals surface area (Å²) in [6, 6.07) is 2.00. The lowest BCUT2D eigenvalue weighted by Crippen LogP contribution is -2.55. The average molecular weight is 346 g/mol. The van der Waals surface area contributed by atoms with Crippen LogP contribution in [0.5, 0.6) is 0 Å². The highest BCUT2D eigenvalue weighted by Crippen LogP contribution is 2.28. The lowest BCUT2D eigenvalue weighted by Gasteiger charge is -2.42. The molecule has 1 aromatic rings. The van der Waals surface area contributed by atoms with Gasteiger partial charge in [0.2, 0.25) is 5.91 Å². The van der Waals surface area contributed by atoms with E-state index >= 15 is 0 Å². The van der Waals surface area contributed by atoms with Crippen LogP contribution in [-0.4, -0.2) is 65.0 Å². The van der Waals surface area contributed by atoms with E-state index < -0.39 is 0 Å². The van der Waals surface area contributed by atoms with Gasteiger partial charge in [-0.1, -0.05) is 24.4 Å². The number of amides is 2. The van der Waals surface area contributed by atoms with E-state index in [1.165, 1.54) is 37.0 Å². The van der Waals surface area contributed by atoms with E-state index in [0.29, 0.717) is 17.6 Å². The number of anilines is 1. The van der Waals surface area contributed by atoms with E-state index in [1.807, 2.05) is 0 Å². The smallest absolute Gasteiger partial charge is 0.252 e. The zero-order chi connectivity index (χ0) is 17.4. The van der Waals surface area contributed by atoms with Crippen molar-refractivity contribution in [1.82, 2.24) is 15.0 Å². The molecule has 1 aliphatic carbocycles. The molecule has 7 heteroatoms. The summed E-state index contributed by atoms with van der Waals surface area (Å²) in [4.78, 5) is 31.1. The van der Waals surface area contributed by atoms with Crippen LogP contribution in [0, 0.1) is 6.92 Å². The lowest BCUT2D eigenvalue weighted by atomic mass is 9.93. The number of rotatable bonds is 3. The molecule has 3 fully saturated rings. The molecule has 3 heterocycles. The van der Waals surface area contributed by atoms with Crippen LogP contribution >= 0.6 is 0 Å². The number of imide groups is 1. The van der Waals surface area contributed by atoms with Gasteiger partial charge in [-0.15, -0.1) is 0 Å². The highest BCUT2D eigenvalue weighted by Gasteiger charge is 2.44. The molecule has 2 aliphatic heterocycles. The van der Waals surface area contributed by atoms with Crippen molar-refractivity contribution < 1.29 is 14.1 Å². The second kappa shape index (κ2) is 6.88. The van der Waals surface area contributed by atoms with E-state index in [4.69, 9.17) is 4.52 Å². The number of aromatic nitrogens is 1. The minimum absolute atomic E-state index is 0.163. The highest BCUT2D eigenvalue weighted by molar-refractivity contribution is 6.21. The summed E-state index contributed by atoms with van der Waals surface area (Å²) in [6.07, 6.45) is 6.90. The molecule has 7 nitrogen and oxygen atoms in total. The third-order valence-corrected chi connectivity index (χ3v) is 5.85. The van der Waals surface area contributed by atoms with Crippen molar-refractivity contribution in [2.24, 2.45) is 0 Å². The predicted molar refractivity (Wildman–Crippen MR) is 92.2 cm³/mol. The number of nitrogens with zero attached hydrogens (tertiary/aromatic N) is 4. The first-order chi connectivity index (χ1) is 12.1. The summed E-state index contributed by atoms with van der Waals surface area (Å²) >= 11 is 0. The third-order valence-electron chi connectivity index (χ3n) is 5.85. The van der Waals surface area contributed by atoms with Gasteiger partial charge in [-0.25, -0.2) is 4.90 Å². The highest BCUT2D eigenvalue weighted by atomic mass is 16.5. The van der Waals surface area contributed by atoms with Crippen LogP contribution in [-0.2, 0) is 9.59 Å². The molecule has 4 rings (SSSR count). The van der Waals surface area contributed by atoms with Crippen molar-refractivity contribution in [3.8, 4) is 0 Å². The van der Waals surface area contributed by atoms with Gasteiger partial charge in [0.05, 0.1) is 12.5 Å². The Labute approximate surface area is 147 Å². The predicted octanol–water partition coefficient (Wildman–Crippen LogP) is 1.57. The summed E-state index contributed by atoms with van der Waals surface area (Å²) in [5.41, 5.74) is 0. The van der Waals surface area contributed by atoms with Gasteiger partial charge < -0.3 is 4.52 Å². The van der Waals surface area contributed by atoms with Crippen LogP contribution in [0.25, 0.3) is 0 Å². The summed E-state index contributed by atoms with van der Waals surface area (Å²) in [7, 11) is 0. The first kappa shape index (κ1) is 16.7. The van der Waals surface area contributed by atoms with Gasteiger partial charge >= 0.3 is 0 Å². The molecule has 0 aromatic carbocycles. The Morgan fingerprint density at radius 3 is 2.36 bits per heavy atom. The van der Waals surface area contributed by atoms with Gasteiger partial charge in [-0.3, -0.25) is 19.4 Å². The van der Waals surface area contributed by atoms with Crippen molar-refractivity contribution in [2.45, 2.75) is 57.5 Å². The number of carbonyl (C=O) groups is 2. The van der Waals surface area contributed by atoms with E-state index in [-0.39, 0.29) is 24.3 Å². The fraction of sp³-hybridized carbons (Fsp3) is 0.722. The molecule has 3 aliphatic rings. The molecular formula is C18H26N4O3. The molecular weight excluding hydrogens is 320 g/mol. The maximum atomic E-state index is 12.8. The molecule has 1 atom stereocenters. The number of hydrogen-bond donors (Lipinski definition) is 0. The molecule has 136 valence electrons. The molecule has 0 unspecified atom stereocenters. The maximum Gasteiger partial charge on any atom is 0.252 e. The summed E-state index contributed by atoms with van der Waals surface area (Å²) < 4.78 is 5.02. The van der Waals surface area contributed by atoms with E-state index in [0.717, 1.165) is 26.2 Å². The number of piperazine rings is 1. The second-order valence-electron chi connectivity index (χ2n) is 7.45. The Kier molecular flexibility index (Phi) is 4.60. The molecule has 0 N–H and O–H groups in total. The molecule has 25 heavy (non-hydrogen) atoms. The Bertz CT molecular complexity index is 645. The van der Waals surface area contributed by atoms with Crippen LogP contribution in [0.4, 0.5) is 5.82 Å². The first-order valence-corrected chi connectivity index (χ1v) is 9.42. The summed E-state index contributed by atoms with van der Waals surface area (Å²) in [6.45, 7) is 5.44. The van der Waals surface area contributed by atoms with Crippen molar-refractivity contribution in [1.29, 1.82) is 0 Å². The zero-order valence-corrected chi connectivity index (χ0v) is 14.8. The van der Waals surface area contributed by atoms with Crippen LogP contribution in [0.3, 0.4) is 0 Å². The van der Waals surface area contributed by atoms with Gasteiger partial charge in [0, 0.05) is 38.3 Å². The van der Waals surface area contributed by atoms with Crippen molar-refractivity contribution >= 4 is 17.6 Å². The lowest BCUT2D eigenvalue weighted by molar-refractivity contribution is -0.123. The topological polar surface area (TPSA) is 69.9 Å². The fourth-order valence-corrected chi connectivity index (χ4v) is 4.46. The first-order valence-electron chi connectivity index (χ1n) is 9.42. The number of carbonyl (C=O) groups excluding carboxylic acids is 2. The van der Waals surface area contributed by atoms with Gasteiger partial charge in [-0.05, 0) is 19.8 Å². The molecule has 0 radical (unpaired) electrons. The summed E-state index contributed by atoms with van der Waals surface area (Å²) in [5, 5.41) is 3.83. The Balaban J connectivity index is 1.38. The second-order valence-corrected chi connectivity index (χ2v) is 7.45. The number of aryl methyl sites for hydroxylation is 1. The molecule has 2 amide bonds. The Hall–Kier alpha value is -1.73. The van der Waals surface area contributed by atoms with Gasteiger partial charge in [0.25, 0.3) is 5.91 Å². The quantitative estimate of drug-likeness (QED) is 0.774. The van der Waals surface area contributed by atoms with Gasteiger partial charge in [0.1, 0.15) is 5.76 Å². The van der Waals surface area contributed by atoms with Crippen LogP contribution in [0.2, 0.25) is 0 Å². The minimum Gasteiger partial charge on any atom is -0.360 e. The largest absolute Gasteiger partial charge is 0.360 e. The fourth-order valence-electron chi connectivity index (χ4n) is 4.46. The minimum atomic E-state index is -0.349. The normalized spacial score (nSPS) is 27.4. The van der Waals surface area contributed by atoms with E-state index in [1.54, 1.807) is 13.0 Å². The molecule has 2 saturated heterocycles. The Morgan fingerprint density at radius 2 is 1.72 bits per heavy atom. The van der Waals surface area contributed by atoms with Gasteiger partial charge in [0.15, 0.2) is 5.82 Å². The van der Waals surface area contributed by atoms with E-state index in [2.05, 4.69) is 15.0 Å². The maximum absolute atomic E-state index is 12.8.